The Morgan fingerprint density at radius 3 is 2.83 bits per heavy atom. The Morgan fingerprint density at radius 2 is 2.17 bits per heavy atom. The second kappa shape index (κ2) is 3.32. The van der Waals surface area contributed by atoms with Crippen LogP contribution in [-0.2, 0) is 0 Å². The van der Waals surface area contributed by atoms with Gasteiger partial charge in [0, 0.05) is 18.6 Å². The van der Waals surface area contributed by atoms with Crippen LogP contribution in [0.4, 0.5) is 0 Å². The summed E-state index contributed by atoms with van der Waals surface area (Å²) in [6, 6.07) is 1.36. The molecule has 1 saturated carbocycles. The van der Waals surface area contributed by atoms with E-state index in [1.54, 1.807) is 0 Å². The van der Waals surface area contributed by atoms with Gasteiger partial charge < -0.3 is 5.73 Å². The molecule has 4 unspecified atom stereocenters. The number of hydrogen-bond donors (Lipinski definition) is 3. The molecule has 2 aliphatic rings. The van der Waals surface area contributed by atoms with Crippen molar-refractivity contribution in [3.05, 3.63) is 0 Å². The first-order valence-corrected chi connectivity index (χ1v) is 5.03. The van der Waals surface area contributed by atoms with Gasteiger partial charge in [-0.25, -0.2) is 0 Å². The van der Waals surface area contributed by atoms with Crippen molar-refractivity contribution in [2.75, 3.05) is 6.54 Å². The van der Waals surface area contributed by atoms with Gasteiger partial charge in [-0.3, -0.25) is 10.6 Å². The highest BCUT2D eigenvalue weighted by atomic mass is 15.3. The van der Waals surface area contributed by atoms with Crippen molar-refractivity contribution in [3.8, 4) is 0 Å². The van der Waals surface area contributed by atoms with Crippen LogP contribution in [0, 0.1) is 5.92 Å². The summed E-state index contributed by atoms with van der Waals surface area (Å²) in [6.45, 7) is 3.05. The van der Waals surface area contributed by atoms with Crippen LogP contribution < -0.4 is 16.4 Å². The van der Waals surface area contributed by atoms with Gasteiger partial charge in [-0.2, -0.15) is 0 Å². The average molecular weight is 169 g/mol. The zero-order chi connectivity index (χ0) is 8.55. The van der Waals surface area contributed by atoms with Crippen LogP contribution in [0.25, 0.3) is 0 Å². The molecule has 1 aliphatic heterocycles. The largest absolute Gasteiger partial charge is 0.328 e. The Kier molecular flexibility index (Phi) is 2.35. The highest BCUT2D eigenvalue weighted by molar-refractivity contribution is 4.98. The second-order valence-corrected chi connectivity index (χ2v) is 4.16. The fraction of sp³-hybridized carbons (Fsp3) is 1.00. The Balaban J connectivity index is 1.99. The lowest BCUT2D eigenvalue weighted by atomic mass is 9.83. The van der Waals surface area contributed by atoms with Crippen LogP contribution in [0.15, 0.2) is 0 Å². The van der Waals surface area contributed by atoms with Crippen molar-refractivity contribution in [2.24, 2.45) is 11.7 Å². The predicted molar refractivity (Wildman–Crippen MR) is 49.7 cm³/mol. The van der Waals surface area contributed by atoms with Gasteiger partial charge in [-0.05, 0) is 18.8 Å². The third kappa shape index (κ3) is 1.37. The molecule has 0 amide bonds. The number of nitrogens with one attached hydrogen (secondary N) is 2. The molecule has 0 aromatic heterocycles. The number of nitrogens with two attached hydrogens (primary N) is 1. The van der Waals surface area contributed by atoms with Crippen molar-refractivity contribution in [1.29, 1.82) is 0 Å². The molecule has 4 atom stereocenters. The maximum Gasteiger partial charge on any atom is 0.0703 e. The molecule has 3 heteroatoms. The summed E-state index contributed by atoms with van der Waals surface area (Å²) in [4.78, 5) is 0. The summed E-state index contributed by atoms with van der Waals surface area (Å²) in [7, 11) is 0. The van der Waals surface area contributed by atoms with Crippen LogP contribution in [0.1, 0.15) is 26.2 Å². The minimum Gasteiger partial charge on any atom is -0.328 e. The van der Waals surface area contributed by atoms with E-state index in [1.165, 1.54) is 19.3 Å². The summed E-state index contributed by atoms with van der Waals surface area (Å²) >= 11 is 0. The molecular weight excluding hydrogens is 150 g/mol. The molecule has 1 heterocycles. The Hall–Kier alpha value is -0.120. The second-order valence-electron chi connectivity index (χ2n) is 4.16. The molecule has 0 bridgehead atoms. The zero-order valence-corrected chi connectivity index (χ0v) is 7.72. The summed E-state index contributed by atoms with van der Waals surface area (Å²) < 4.78 is 0. The van der Waals surface area contributed by atoms with Crippen LogP contribution in [-0.4, -0.2) is 24.8 Å². The van der Waals surface area contributed by atoms with Gasteiger partial charge in [0.1, 0.15) is 0 Å². The van der Waals surface area contributed by atoms with Gasteiger partial charge in [0.25, 0.3) is 0 Å². The first kappa shape index (κ1) is 8.48. The molecule has 0 aromatic rings. The Labute approximate surface area is 74.1 Å². The topological polar surface area (TPSA) is 50.1 Å². The SMILES string of the molecule is CC1CCCC2NC(CN)NC12. The smallest absolute Gasteiger partial charge is 0.0703 e. The van der Waals surface area contributed by atoms with Crippen molar-refractivity contribution in [3.63, 3.8) is 0 Å². The van der Waals surface area contributed by atoms with Crippen LogP contribution in [0.5, 0.6) is 0 Å². The van der Waals surface area contributed by atoms with Gasteiger partial charge >= 0.3 is 0 Å². The number of hydrogen-bond acceptors (Lipinski definition) is 3. The quantitative estimate of drug-likeness (QED) is 0.519. The van der Waals surface area contributed by atoms with E-state index in [0.717, 1.165) is 5.92 Å². The molecule has 70 valence electrons. The molecule has 0 radical (unpaired) electrons. The highest BCUT2D eigenvalue weighted by Gasteiger charge is 2.37. The lowest BCUT2D eigenvalue weighted by Crippen LogP contribution is -2.42. The molecule has 0 aromatic carbocycles. The fourth-order valence-corrected chi connectivity index (χ4v) is 2.56. The summed E-state index contributed by atoms with van der Waals surface area (Å²) in [5.74, 6) is 0.813. The van der Waals surface area contributed by atoms with E-state index in [9.17, 15) is 0 Å². The van der Waals surface area contributed by atoms with Crippen molar-refractivity contribution in [1.82, 2.24) is 10.6 Å². The van der Waals surface area contributed by atoms with Gasteiger partial charge in [0.15, 0.2) is 0 Å². The molecule has 2 fully saturated rings. The van der Waals surface area contributed by atoms with E-state index in [-0.39, 0.29) is 0 Å². The Bertz CT molecular complexity index is 160. The highest BCUT2D eigenvalue weighted by Crippen LogP contribution is 2.27. The lowest BCUT2D eigenvalue weighted by molar-refractivity contribution is 0.283. The maximum absolute atomic E-state index is 5.61. The lowest BCUT2D eigenvalue weighted by Gasteiger charge is -2.30. The number of fused-ring (bicyclic) bond motifs is 1. The maximum atomic E-state index is 5.61. The fourth-order valence-electron chi connectivity index (χ4n) is 2.56. The van der Waals surface area contributed by atoms with E-state index >= 15 is 0 Å². The standard InChI is InChI=1S/C9H19N3/c1-6-3-2-4-7-9(6)12-8(5-10)11-7/h6-9,11-12H,2-5,10H2,1H3. The molecule has 1 saturated heterocycles. The first-order chi connectivity index (χ1) is 5.81. The van der Waals surface area contributed by atoms with Gasteiger partial charge in [-0.15, -0.1) is 0 Å². The van der Waals surface area contributed by atoms with E-state index < -0.39 is 0 Å². The van der Waals surface area contributed by atoms with Gasteiger partial charge in [-0.1, -0.05) is 13.3 Å². The zero-order valence-electron chi connectivity index (χ0n) is 7.72. The minimum absolute atomic E-state index is 0.362. The molecular formula is C9H19N3. The van der Waals surface area contributed by atoms with E-state index in [0.29, 0.717) is 24.8 Å². The summed E-state index contributed by atoms with van der Waals surface area (Å²) in [5.41, 5.74) is 5.61. The predicted octanol–water partition coefficient (Wildman–Crippen LogP) is 0.0212. The minimum atomic E-state index is 0.362. The van der Waals surface area contributed by atoms with E-state index in [1.807, 2.05) is 0 Å². The molecule has 4 N–H and O–H groups in total. The van der Waals surface area contributed by atoms with Gasteiger partial charge in [0.05, 0.1) is 6.17 Å². The first-order valence-electron chi connectivity index (χ1n) is 5.03. The molecule has 3 nitrogen and oxygen atoms in total. The molecule has 12 heavy (non-hydrogen) atoms. The summed E-state index contributed by atoms with van der Waals surface area (Å²) in [5, 5.41) is 7.09. The van der Waals surface area contributed by atoms with Crippen LogP contribution in [0.3, 0.4) is 0 Å². The molecule has 1 aliphatic carbocycles. The van der Waals surface area contributed by atoms with Crippen molar-refractivity contribution in [2.45, 2.75) is 44.4 Å². The van der Waals surface area contributed by atoms with E-state index in [4.69, 9.17) is 5.73 Å². The normalized spacial score (nSPS) is 47.5. The molecule has 2 rings (SSSR count). The number of rotatable bonds is 1. The average Bonchev–Trinajstić information content (AvgIpc) is 2.49. The van der Waals surface area contributed by atoms with Crippen LogP contribution >= 0.6 is 0 Å². The monoisotopic (exact) mass is 169 g/mol. The third-order valence-electron chi connectivity index (χ3n) is 3.27. The third-order valence-corrected chi connectivity index (χ3v) is 3.27. The van der Waals surface area contributed by atoms with E-state index in [2.05, 4.69) is 17.6 Å². The molecule has 0 spiro atoms. The van der Waals surface area contributed by atoms with Gasteiger partial charge in [0.2, 0.25) is 0 Å². The van der Waals surface area contributed by atoms with Crippen molar-refractivity contribution >= 4 is 0 Å². The van der Waals surface area contributed by atoms with Crippen molar-refractivity contribution < 1.29 is 0 Å². The summed E-state index contributed by atoms with van der Waals surface area (Å²) in [6.07, 6.45) is 4.42. The Morgan fingerprint density at radius 1 is 1.33 bits per heavy atom. The van der Waals surface area contributed by atoms with Crippen LogP contribution in [0.2, 0.25) is 0 Å².